The maximum atomic E-state index is 12.8. The quantitative estimate of drug-likeness (QED) is 0.740. The number of pyridine rings is 1. The van der Waals surface area contributed by atoms with Gasteiger partial charge in [0.15, 0.2) is 0 Å². The van der Waals surface area contributed by atoms with Gasteiger partial charge >= 0.3 is 0 Å². The van der Waals surface area contributed by atoms with Crippen LogP contribution >= 0.6 is 0 Å². The largest absolute Gasteiger partial charge is 0.322 e. The number of anilines is 1. The number of nitrogens with one attached hydrogen (secondary N) is 2. The van der Waals surface area contributed by atoms with Gasteiger partial charge < -0.3 is 5.32 Å². The predicted molar refractivity (Wildman–Crippen MR) is 102 cm³/mol. The van der Waals surface area contributed by atoms with E-state index >= 15 is 0 Å². The summed E-state index contributed by atoms with van der Waals surface area (Å²) in [4.78, 5) is 17.4. The average Bonchev–Trinajstić information content (AvgIpc) is 2.62. The molecule has 0 aliphatic rings. The van der Waals surface area contributed by atoms with Crippen molar-refractivity contribution in [3.63, 3.8) is 0 Å². The molecule has 1 aromatic heterocycles. The number of aryl methyl sites for hydroxylation is 2. The molecule has 3 rings (SSSR count). The van der Waals surface area contributed by atoms with Crippen LogP contribution < -0.4 is 10.0 Å². The SMILES string of the molecule is CNS(=O)(=O)c1cc(NC(=O)c2cc(C)nc3ccccc23)ccc1C. The number of rotatable bonds is 4. The number of hydrogen-bond donors (Lipinski definition) is 2. The van der Waals surface area contributed by atoms with E-state index in [0.717, 1.165) is 16.6 Å². The highest BCUT2D eigenvalue weighted by Crippen LogP contribution is 2.23. The zero-order chi connectivity index (χ0) is 18.9. The van der Waals surface area contributed by atoms with Gasteiger partial charge in [-0.15, -0.1) is 0 Å². The molecule has 0 aliphatic carbocycles. The summed E-state index contributed by atoms with van der Waals surface area (Å²) in [5.74, 6) is -0.316. The van der Waals surface area contributed by atoms with Crippen LogP contribution in [-0.4, -0.2) is 26.4 Å². The first kappa shape index (κ1) is 18.0. The van der Waals surface area contributed by atoms with E-state index in [-0.39, 0.29) is 10.8 Å². The van der Waals surface area contributed by atoms with Crippen molar-refractivity contribution < 1.29 is 13.2 Å². The number of hydrogen-bond acceptors (Lipinski definition) is 4. The molecule has 2 aromatic carbocycles. The summed E-state index contributed by atoms with van der Waals surface area (Å²) in [5.41, 5.74) is 2.97. The number of carbonyl (C=O) groups is 1. The van der Waals surface area contributed by atoms with Gasteiger partial charge in [0.1, 0.15) is 0 Å². The van der Waals surface area contributed by atoms with Gasteiger partial charge in [-0.25, -0.2) is 13.1 Å². The van der Waals surface area contributed by atoms with Gasteiger partial charge in [0.2, 0.25) is 10.0 Å². The Hall–Kier alpha value is -2.77. The van der Waals surface area contributed by atoms with Gasteiger partial charge in [-0.3, -0.25) is 9.78 Å². The predicted octanol–water partition coefficient (Wildman–Crippen LogP) is 3.01. The lowest BCUT2D eigenvalue weighted by molar-refractivity contribution is 0.102. The van der Waals surface area contributed by atoms with Crippen LogP contribution in [0.1, 0.15) is 21.6 Å². The molecule has 0 fully saturated rings. The summed E-state index contributed by atoms with van der Waals surface area (Å²) < 4.78 is 26.5. The molecule has 0 atom stereocenters. The van der Waals surface area contributed by atoms with Crippen LogP contribution in [0, 0.1) is 13.8 Å². The lowest BCUT2D eigenvalue weighted by Gasteiger charge is -2.12. The molecular weight excluding hydrogens is 350 g/mol. The third-order valence-corrected chi connectivity index (χ3v) is 5.65. The fourth-order valence-electron chi connectivity index (χ4n) is 2.77. The van der Waals surface area contributed by atoms with E-state index < -0.39 is 10.0 Å². The van der Waals surface area contributed by atoms with Crippen LogP contribution in [-0.2, 0) is 10.0 Å². The van der Waals surface area contributed by atoms with E-state index in [2.05, 4.69) is 15.0 Å². The molecule has 3 aromatic rings. The Balaban J connectivity index is 2.01. The number of fused-ring (bicyclic) bond motifs is 1. The second-order valence-corrected chi connectivity index (χ2v) is 7.83. The minimum Gasteiger partial charge on any atom is -0.322 e. The lowest BCUT2D eigenvalue weighted by Crippen LogP contribution is -2.20. The van der Waals surface area contributed by atoms with Crippen molar-refractivity contribution in [1.29, 1.82) is 0 Å². The van der Waals surface area contributed by atoms with E-state index in [0.29, 0.717) is 16.8 Å². The van der Waals surface area contributed by atoms with Crippen molar-refractivity contribution in [3.05, 3.63) is 65.4 Å². The van der Waals surface area contributed by atoms with Crippen molar-refractivity contribution in [1.82, 2.24) is 9.71 Å². The Kier molecular flexibility index (Phi) is 4.76. The summed E-state index contributed by atoms with van der Waals surface area (Å²) in [5, 5.41) is 3.52. The molecule has 6 nitrogen and oxygen atoms in total. The third kappa shape index (κ3) is 3.44. The van der Waals surface area contributed by atoms with Gasteiger partial charge in [-0.05, 0) is 50.7 Å². The van der Waals surface area contributed by atoms with E-state index in [1.54, 1.807) is 25.1 Å². The topological polar surface area (TPSA) is 88.2 Å². The summed E-state index contributed by atoms with van der Waals surface area (Å²) in [6, 6.07) is 13.9. The van der Waals surface area contributed by atoms with Crippen LogP contribution in [0.25, 0.3) is 10.9 Å². The molecule has 0 unspecified atom stereocenters. The summed E-state index contributed by atoms with van der Waals surface area (Å²) in [7, 11) is -2.25. The van der Waals surface area contributed by atoms with Crippen molar-refractivity contribution in [3.8, 4) is 0 Å². The third-order valence-electron chi connectivity index (χ3n) is 4.09. The van der Waals surface area contributed by atoms with Gasteiger partial charge in [-0.1, -0.05) is 24.3 Å². The molecular formula is C19H19N3O3S. The molecule has 0 saturated heterocycles. The van der Waals surface area contributed by atoms with E-state index in [1.165, 1.54) is 13.1 Å². The number of nitrogens with zero attached hydrogens (tertiary/aromatic N) is 1. The lowest BCUT2D eigenvalue weighted by atomic mass is 10.1. The van der Waals surface area contributed by atoms with Crippen LogP contribution in [0.3, 0.4) is 0 Å². The van der Waals surface area contributed by atoms with Crippen molar-refractivity contribution in [2.45, 2.75) is 18.7 Å². The van der Waals surface area contributed by atoms with E-state index in [1.807, 2.05) is 31.2 Å². The van der Waals surface area contributed by atoms with Gasteiger partial charge in [-0.2, -0.15) is 0 Å². The Morgan fingerprint density at radius 1 is 1.04 bits per heavy atom. The van der Waals surface area contributed by atoms with Gasteiger partial charge in [0, 0.05) is 16.8 Å². The second kappa shape index (κ2) is 6.86. The molecule has 1 amide bonds. The van der Waals surface area contributed by atoms with Gasteiger partial charge in [0.05, 0.1) is 16.0 Å². The average molecular weight is 369 g/mol. The summed E-state index contributed by atoms with van der Waals surface area (Å²) >= 11 is 0. The maximum absolute atomic E-state index is 12.8. The highest BCUT2D eigenvalue weighted by atomic mass is 32.2. The number of carbonyl (C=O) groups excluding carboxylic acids is 1. The molecule has 0 saturated carbocycles. The number of aromatic nitrogens is 1. The molecule has 0 radical (unpaired) electrons. The van der Waals surface area contributed by atoms with Crippen molar-refractivity contribution >= 4 is 32.5 Å². The first-order valence-corrected chi connectivity index (χ1v) is 9.52. The minimum atomic E-state index is -3.60. The minimum absolute atomic E-state index is 0.133. The maximum Gasteiger partial charge on any atom is 0.256 e. The Labute approximate surface area is 152 Å². The zero-order valence-electron chi connectivity index (χ0n) is 14.7. The smallest absolute Gasteiger partial charge is 0.256 e. The number of para-hydroxylation sites is 1. The highest BCUT2D eigenvalue weighted by Gasteiger charge is 2.17. The monoisotopic (exact) mass is 369 g/mol. The number of amides is 1. The molecule has 0 spiro atoms. The fraction of sp³-hybridized carbons (Fsp3) is 0.158. The fourth-order valence-corrected chi connectivity index (χ4v) is 3.77. The number of sulfonamides is 1. The Bertz CT molecular complexity index is 1110. The Morgan fingerprint density at radius 2 is 1.77 bits per heavy atom. The van der Waals surface area contributed by atoms with E-state index in [9.17, 15) is 13.2 Å². The van der Waals surface area contributed by atoms with Gasteiger partial charge in [0.25, 0.3) is 5.91 Å². The van der Waals surface area contributed by atoms with Crippen LogP contribution in [0.15, 0.2) is 53.4 Å². The van der Waals surface area contributed by atoms with E-state index in [4.69, 9.17) is 0 Å². The summed E-state index contributed by atoms with van der Waals surface area (Å²) in [6.07, 6.45) is 0. The van der Waals surface area contributed by atoms with Crippen LogP contribution in [0.4, 0.5) is 5.69 Å². The Morgan fingerprint density at radius 3 is 2.50 bits per heavy atom. The van der Waals surface area contributed by atoms with Crippen molar-refractivity contribution in [2.75, 3.05) is 12.4 Å². The van der Waals surface area contributed by atoms with Crippen LogP contribution in [0.2, 0.25) is 0 Å². The summed E-state index contributed by atoms with van der Waals surface area (Å²) in [6.45, 7) is 3.53. The molecule has 26 heavy (non-hydrogen) atoms. The molecule has 1 heterocycles. The molecule has 2 N–H and O–H groups in total. The molecule has 0 aliphatic heterocycles. The van der Waals surface area contributed by atoms with Crippen molar-refractivity contribution in [2.24, 2.45) is 0 Å². The highest BCUT2D eigenvalue weighted by molar-refractivity contribution is 7.89. The zero-order valence-corrected chi connectivity index (χ0v) is 15.5. The number of benzene rings is 2. The molecule has 7 heteroatoms. The van der Waals surface area contributed by atoms with Crippen LogP contribution in [0.5, 0.6) is 0 Å². The molecule has 134 valence electrons. The normalized spacial score (nSPS) is 11.5. The first-order valence-electron chi connectivity index (χ1n) is 8.04. The first-order chi connectivity index (χ1) is 12.3. The molecule has 0 bridgehead atoms. The second-order valence-electron chi connectivity index (χ2n) is 5.97. The standard InChI is InChI=1S/C19H19N3O3S/c1-12-8-9-14(11-18(12)26(24,25)20-3)22-19(23)16-10-13(2)21-17-7-5-4-6-15(16)17/h4-11,20H,1-3H3,(H,22,23).